The van der Waals surface area contributed by atoms with Crippen molar-refractivity contribution in [3.63, 3.8) is 0 Å². The smallest absolute Gasteiger partial charge is 0.412 e. The molecule has 3 N–H and O–H groups in total. The number of rotatable bonds is 8. The monoisotopic (exact) mass is 511 g/mol. The number of nitrogens with one attached hydrogen (secondary N) is 3. The third-order valence-corrected chi connectivity index (χ3v) is 5.25. The third kappa shape index (κ3) is 5.62. The van der Waals surface area contributed by atoms with Crippen molar-refractivity contribution in [1.29, 1.82) is 0 Å². The SMILES string of the molecule is CONC(=O)c1cc(Nc2ncnn3cc(NC(=O)OCc4ccccn4)c(C(C)C)c23)c(F)cc1F. The van der Waals surface area contributed by atoms with Gasteiger partial charge in [-0.3, -0.25) is 19.9 Å². The molecular weight excluding hydrogens is 488 g/mol. The number of carbonyl (C=O) groups excluding carboxylic acids is 2. The number of aromatic nitrogens is 4. The molecule has 3 heterocycles. The summed E-state index contributed by atoms with van der Waals surface area (Å²) < 4.78 is 35.5. The first kappa shape index (κ1) is 25.4. The molecule has 4 aromatic rings. The number of pyridine rings is 1. The first-order valence-corrected chi connectivity index (χ1v) is 11.1. The van der Waals surface area contributed by atoms with Crippen molar-refractivity contribution in [3.8, 4) is 0 Å². The van der Waals surface area contributed by atoms with E-state index in [-0.39, 0.29) is 24.0 Å². The maximum Gasteiger partial charge on any atom is 0.412 e. The molecule has 4 rings (SSSR count). The molecule has 0 unspecified atom stereocenters. The summed E-state index contributed by atoms with van der Waals surface area (Å²) in [5, 5.41) is 9.69. The number of ether oxygens (including phenoxy) is 1. The number of amides is 2. The molecule has 37 heavy (non-hydrogen) atoms. The summed E-state index contributed by atoms with van der Waals surface area (Å²) in [6.07, 6.45) is 3.68. The second kappa shape index (κ2) is 11.0. The molecule has 13 heteroatoms. The van der Waals surface area contributed by atoms with E-state index in [1.54, 1.807) is 30.6 Å². The topological polar surface area (TPSA) is 132 Å². The number of nitrogens with zero attached hydrogens (tertiary/aromatic N) is 4. The molecule has 11 nitrogen and oxygen atoms in total. The number of fused-ring (bicyclic) bond motifs is 1. The summed E-state index contributed by atoms with van der Waals surface area (Å²) in [5.41, 5.74) is 3.41. The van der Waals surface area contributed by atoms with Crippen LogP contribution in [0.4, 0.5) is 30.8 Å². The second-order valence-corrected chi connectivity index (χ2v) is 8.11. The number of hydrogen-bond acceptors (Lipinski definition) is 8. The Kier molecular flexibility index (Phi) is 7.53. The molecule has 0 aliphatic carbocycles. The highest BCUT2D eigenvalue weighted by Crippen LogP contribution is 2.35. The number of anilines is 3. The largest absolute Gasteiger partial charge is 0.443 e. The van der Waals surface area contributed by atoms with Gasteiger partial charge in [-0.2, -0.15) is 5.10 Å². The van der Waals surface area contributed by atoms with Crippen molar-refractivity contribution in [2.24, 2.45) is 0 Å². The summed E-state index contributed by atoms with van der Waals surface area (Å²) in [5.74, 6) is -2.87. The van der Waals surface area contributed by atoms with Gasteiger partial charge < -0.3 is 10.1 Å². The van der Waals surface area contributed by atoms with Gasteiger partial charge in [-0.05, 0) is 24.1 Å². The average Bonchev–Trinajstić information content (AvgIpc) is 3.24. The Morgan fingerprint density at radius 2 is 1.92 bits per heavy atom. The van der Waals surface area contributed by atoms with Crippen molar-refractivity contribution in [2.45, 2.75) is 26.4 Å². The van der Waals surface area contributed by atoms with Gasteiger partial charge in [-0.25, -0.2) is 28.6 Å². The molecule has 1 aromatic carbocycles. The molecule has 0 fully saturated rings. The van der Waals surface area contributed by atoms with Crippen molar-refractivity contribution < 1.29 is 27.9 Å². The molecule has 0 aliphatic heterocycles. The maximum atomic E-state index is 14.6. The predicted molar refractivity (Wildman–Crippen MR) is 129 cm³/mol. The van der Waals surface area contributed by atoms with Crippen LogP contribution in [0.2, 0.25) is 0 Å². The van der Waals surface area contributed by atoms with Crippen molar-refractivity contribution in [3.05, 3.63) is 77.5 Å². The van der Waals surface area contributed by atoms with Gasteiger partial charge in [0.1, 0.15) is 30.1 Å². The summed E-state index contributed by atoms with van der Waals surface area (Å²) in [4.78, 5) is 37.4. The fourth-order valence-electron chi connectivity index (χ4n) is 3.67. The minimum Gasteiger partial charge on any atom is -0.443 e. The van der Waals surface area contributed by atoms with Gasteiger partial charge in [0, 0.05) is 17.8 Å². The molecule has 0 radical (unpaired) electrons. The van der Waals surface area contributed by atoms with Crippen LogP contribution in [0, 0.1) is 11.6 Å². The van der Waals surface area contributed by atoms with E-state index in [4.69, 9.17) is 4.74 Å². The molecule has 2 amide bonds. The van der Waals surface area contributed by atoms with Crippen LogP contribution in [0.1, 0.15) is 41.4 Å². The summed E-state index contributed by atoms with van der Waals surface area (Å²) in [6.45, 7) is 3.76. The number of benzene rings is 1. The van der Waals surface area contributed by atoms with E-state index in [9.17, 15) is 18.4 Å². The number of hydroxylamine groups is 1. The molecule has 0 spiro atoms. The zero-order chi connectivity index (χ0) is 26.5. The lowest BCUT2D eigenvalue weighted by atomic mass is 10.0. The van der Waals surface area contributed by atoms with E-state index in [1.165, 1.54) is 18.0 Å². The lowest BCUT2D eigenvalue weighted by Gasteiger charge is -2.13. The van der Waals surface area contributed by atoms with Gasteiger partial charge in [-0.15, -0.1) is 0 Å². The van der Waals surface area contributed by atoms with Crippen LogP contribution in [-0.2, 0) is 16.2 Å². The molecule has 0 saturated heterocycles. The Balaban J connectivity index is 1.66. The van der Waals surface area contributed by atoms with Crippen LogP contribution in [-0.4, -0.2) is 38.7 Å². The summed E-state index contributed by atoms with van der Waals surface area (Å²) in [7, 11) is 1.19. The van der Waals surface area contributed by atoms with E-state index in [1.807, 2.05) is 19.3 Å². The average molecular weight is 511 g/mol. The minimum atomic E-state index is -1.06. The van der Waals surface area contributed by atoms with E-state index in [0.29, 0.717) is 28.5 Å². The zero-order valence-electron chi connectivity index (χ0n) is 20.1. The third-order valence-electron chi connectivity index (χ3n) is 5.25. The Morgan fingerprint density at radius 3 is 2.62 bits per heavy atom. The summed E-state index contributed by atoms with van der Waals surface area (Å²) >= 11 is 0. The predicted octanol–water partition coefficient (Wildman–Crippen LogP) is 4.31. The fraction of sp³-hybridized carbons (Fsp3) is 0.208. The molecular formula is C24H23F2N7O4. The van der Waals surface area contributed by atoms with Gasteiger partial charge in [0.25, 0.3) is 5.91 Å². The Morgan fingerprint density at radius 1 is 1.11 bits per heavy atom. The molecule has 0 atom stereocenters. The second-order valence-electron chi connectivity index (χ2n) is 8.11. The number of hydrogen-bond donors (Lipinski definition) is 3. The molecule has 192 valence electrons. The van der Waals surface area contributed by atoms with Crippen LogP contribution in [0.25, 0.3) is 5.52 Å². The van der Waals surface area contributed by atoms with Crippen molar-refractivity contribution >= 4 is 34.7 Å². The van der Waals surface area contributed by atoms with Crippen LogP contribution >= 0.6 is 0 Å². The van der Waals surface area contributed by atoms with Gasteiger partial charge in [0.2, 0.25) is 0 Å². The quantitative estimate of drug-likeness (QED) is 0.298. The van der Waals surface area contributed by atoms with E-state index >= 15 is 0 Å². The summed E-state index contributed by atoms with van der Waals surface area (Å²) in [6, 6.07) is 6.85. The molecule has 3 aromatic heterocycles. The van der Waals surface area contributed by atoms with Gasteiger partial charge >= 0.3 is 6.09 Å². The van der Waals surface area contributed by atoms with E-state index < -0.39 is 29.2 Å². The highest BCUT2D eigenvalue weighted by molar-refractivity contribution is 5.95. The Bertz CT molecular complexity index is 1440. The van der Waals surface area contributed by atoms with Crippen LogP contribution in [0.15, 0.2) is 49.1 Å². The zero-order valence-corrected chi connectivity index (χ0v) is 20.1. The minimum absolute atomic E-state index is 0.0213. The number of carbonyl (C=O) groups is 2. The standard InChI is InChI=1S/C24H23F2N7O4/c1-13(2)20-19(31-24(35)37-11-14-6-4-5-7-27-14)10-33-21(20)22(28-12-29-33)30-18-8-15(23(34)32-36-3)16(25)9-17(18)26/h4-10,12-13H,11H2,1-3H3,(H,31,35)(H,32,34)(H,28,29,30). The number of halogens is 2. The maximum absolute atomic E-state index is 14.6. The first-order chi connectivity index (χ1) is 17.8. The molecule has 0 aliphatic rings. The van der Waals surface area contributed by atoms with Gasteiger partial charge in [0.05, 0.1) is 35.9 Å². The highest BCUT2D eigenvalue weighted by Gasteiger charge is 2.22. The normalized spacial score (nSPS) is 11.0. The fourth-order valence-corrected chi connectivity index (χ4v) is 3.67. The highest BCUT2D eigenvalue weighted by atomic mass is 19.1. The lowest BCUT2D eigenvalue weighted by molar-refractivity contribution is 0.0533. The van der Waals surface area contributed by atoms with Crippen molar-refractivity contribution in [2.75, 3.05) is 17.7 Å². The van der Waals surface area contributed by atoms with E-state index in [0.717, 1.165) is 6.07 Å². The molecule has 0 saturated carbocycles. The van der Waals surface area contributed by atoms with E-state index in [2.05, 4.69) is 30.5 Å². The Labute approximate surface area is 209 Å². The van der Waals surface area contributed by atoms with Gasteiger partial charge in [0.15, 0.2) is 5.82 Å². The first-order valence-electron chi connectivity index (χ1n) is 11.1. The lowest BCUT2D eigenvalue weighted by Crippen LogP contribution is -2.23. The Hall–Kier alpha value is -4.65. The van der Waals surface area contributed by atoms with Crippen LogP contribution < -0.4 is 16.1 Å². The molecule has 0 bridgehead atoms. The van der Waals surface area contributed by atoms with Crippen LogP contribution in [0.5, 0.6) is 0 Å². The van der Waals surface area contributed by atoms with Crippen LogP contribution in [0.3, 0.4) is 0 Å². The van der Waals surface area contributed by atoms with Gasteiger partial charge in [-0.1, -0.05) is 19.9 Å². The van der Waals surface area contributed by atoms with Crippen molar-refractivity contribution in [1.82, 2.24) is 25.1 Å².